The van der Waals surface area contributed by atoms with Crippen molar-refractivity contribution < 1.29 is 18.7 Å². The van der Waals surface area contributed by atoms with Crippen LogP contribution in [0.5, 0.6) is 5.75 Å². The van der Waals surface area contributed by atoms with Crippen molar-refractivity contribution in [3.05, 3.63) is 29.6 Å². The van der Waals surface area contributed by atoms with Crippen LogP contribution in [0.3, 0.4) is 0 Å². The lowest BCUT2D eigenvalue weighted by Gasteiger charge is -2.09. The number of carbonyl (C=O) groups is 1. The fourth-order valence-corrected chi connectivity index (χ4v) is 1.22. The monoisotopic (exact) mass is 226 g/mol. The van der Waals surface area contributed by atoms with Gasteiger partial charge < -0.3 is 9.47 Å². The average molecular weight is 226 g/mol. The van der Waals surface area contributed by atoms with Crippen molar-refractivity contribution in [3.63, 3.8) is 0 Å². The molecule has 0 aliphatic heterocycles. The third kappa shape index (κ3) is 3.62. The molecule has 16 heavy (non-hydrogen) atoms. The minimum Gasteiger partial charge on any atom is -0.487 e. The van der Waals surface area contributed by atoms with Gasteiger partial charge in [-0.15, -0.1) is 0 Å². The van der Waals surface area contributed by atoms with Crippen LogP contribution in [0.1, 0.15) is 23.7 Å². The molecule has 1 aromatic rings. The Balaban J connectivity index is 2.49. The van der Waals surface area contributed by atoms with E-state index in [9.17, 15) is 9.18 Å². The maximum Gasteiger partial charge on any atom is 0.165 e. The molecule has 0 fully saturated rings. The molecule has 0 radical (unpaired) electrons. The van der Waals surface area contributed by atoms with Gasteiger partial charge in [-0.2, -0.15) is 0 Å². The topological polar surface area (TPSA) is 35.5 Å². The highest BCUT2D eigenvalue weighted by Gasteiger charge is 2.08. The highest BCUT2D eigenvalue weighted by molar-refractivity contribution is 5.79. The molecule has 0 bridgehead atoms. The van der Waals surface area contributed by atoms with Crippen LogP contribution in [0.2, 0.25) is 0 Å². The summed E-state index contributed by atoms with van der Waals surface area (Å²) in [5.74, 6) is -0.530. The van der Waals surface area contributed by atoms with Crippen molar-refractivity contribution in [1.82, 2.24) is 0 Å². The summed E-state index contributed by atoms with van der Waals surface area (Å²) in [7, 11) is 0. The molecule has 4 heteroatoms. The zero-order valence-electron chi connectivity index (χ0n) is 9.24. The Labute approximate surface area is 94.2 Å². The minimum absolute atomic E-state index is 0.00222. The van der Waals surface area contributed by atoms with E-state index < -0.39 is 5.82 Å². The van der Waals surface area contributed by atoms with Crippen molar-refractivity contribution in [2.45, 2.75) is 13.3 Å². The Morgan fingerprint density at radius 3 is 2.81 bits per heavy atom. The van der Waals surface area contributed by atoms with E-state index in [0.29, 0.717) is 19.5 Å². The van der Waals surface area contributed by atoms with E-state index in [-0.39, 0.29) is 17.9 Å². The van der Waals surface area contributed by atoms with Gasteiger partial charge in [0.1, 0.15) is 6.61 Å². The van der Waals surface area contributed by atoms with E-state index in [2.05, 4.69) is 0 Å². The Morgan fingerprint density at radius 2 is 2.12 bits per heavy atom. The van der Waals surface area contributed by atoms with Gasteiger partial charge in [-0.1, -0.05) is 13.0 Å². The van der Waals surface area contributed by atoms with Crippen molar-refractivity contribution in [3.8, 4) is 5.75 Å². The van der Waals surface area contributed by atoms with Crippen molar-refractivity contribution in [2.24, 2.45) is 0 Å². The summed E-state index contributed by atoms with van der Waals surface area (Å²) in [6.07, 6.45) is 1.50. The summed E-state index contributed by atoms with van der Waals surface area (Å²) in [6.45, 7) is 3.28. The molecule has 0 atom stereocenters. The molecule has 0 N–H and O–H groups in total. The molecule has 3 nitrogen and oxygen atoms in total. The molecular formula is C12H15FO3. The van der Waals surface area contributed by atoms with E-state index in [1.807, 2.05) is 6.92 Å². The number of hydrogen-bond acceptors (Lipinski definition) is 3. The number of rotatable bonds is 7. The third-order valence-corrected chi connectivity index (χ3v) is 1.95. The first-order valence-corrected chi connectivity index (χ1v) is 5.23. The highest BCUT2D eigenvalue weighted by Crippen LogP contribution is 2.20. The van der Waals surface area contributed by atoms with Gasteiger partial charge in [0.05, 0.1) is 12.2 Å². The molecule has 0 aromatic heterocycles. The summed E-state index contributed by atoms with van der Waals surface area (Å²) < 4.78 is 23.6. The van der Waals surface area contributed by atoms with Gasteiger partial charge in [-0.05, 0) is 18.6 Å². The van der Waals surface area contributed by atoms with Crippen LogP contribution in [-0.2, 0) is 4.74 Å². The Bertz CT molecular complexity index is 339. The Hall–Kier alpha value is -1.42. The summed E-state index contributed by atoms with van der Waals surface area (Å²) in [4.78, 5) is 10.6. The molecule has 0 saturated carbocycles. The minimum atomic E-state index is -0.528. The molecule has 0 unspecified atom stereocenters. The SMILES string of the molecule is CCCOCCOc1c(F)cccc1C=O. The highest BCUT2D eigenvalue weighted by atomic mass is 19.1. The van der Waals surface area contributed by atoms with Gasteiger partial charge >= 0.3 is 0 Å². The van der Waals surface area contributed by atoms with Crippen LogP contribution < -0.4 is 4.74 Å². The van der Waals surface area contributed by atoms with Crippen molar-refractivity contribution >= 4 is 6.29 Å². The second-order valence-corrected chi connectivity index (χ2v) is 3.24. The molecule has 0 spiro atoms. The largest absolute Gasteiger partial charge is 0.487 e. The molecule has 88 valence electrons. The fourth-order valence-electron chi connectivity index (χ4n) is 1.22. The number of halogens is 1. The lowest BCUT2D eigenvalue weighted by atomic mass is 10.2. The molecule has 0 aliphatic rings. The van der Waals surface area contributed by atoms with Crippen molar-refractivity contribution in [1.29, 1.82) is 0 Å². The maximum absolute atomic E-state index is 13.3. The van der Waals surface area contributed by atoms with E-state index >= 15 is 0 Å². The fraction of sp³-hybridized carbons (Fsp3) is 0.417. The number of hydrogen-bond donors (Lipinski definition) is 0. The first kappa shape index (κ1) is 12.6. The first-order chi connectivity index (χ1) is 7.79. The number of ether oxygens (including phenoxy) is 2. The zero-order valence-corrected chi connectivity index (χ0v) is 9.24. The second kappa shape index (κ2) is 6.95. The summed E-state index contributed by atoms with van der Waals surface area (Å²) >= 11 is 0. The molecular weight excluding hydrogens is 211 g/mol. The lowest BCUT2D eigenvalue weighted by molar-refractivity contribution is 0.0977. The Morgan fingerprint density at radius 1 is 1.31 bits per heavy atom. The van der Waals surface area contributed by atoms with Crippen LogP contribution in [0.25, 0.3) is 0 Å². The molecule has 0 amide bonds. The predicted molar refractivity (Wildman–Crippen MR) is 58.4 cm³/mol. The third-order valence-electron chi connectivity index (χ3n) is 1.95. The smallest absolute Gasteiger partial charge is 0.165 e. The van der Waals surface area contributed by atoms with Crippen LogP contribution in [-0.4, -0.2) is 26.1 Å². The van der Waals surface area contributed by atoms with Crippen LogP contribution in [0.4, 0.5) is 4.39 Å². The maximum atomic E-state index is 13.3. The molecule has 0 aliphatic carbocycles. The van der Waals surface area contributed by atoms with Gasteiger partial charge in [0.25, 0.3) is 0 Å². The molecule has 0 saturated heterocycles. The van der Waals surface area contributed by atoms with E-state index in [1.54, 1.807) is 0 Å². The second-order valence-electron chi connectivity index (χ2n) is 3.24. The summed E-state index contributed by atoms with van der Waals surface area (Å²) in [5, 5.41) is 0. The van der Waals surface area contributed by atoms with E-state index in [0.717, 1.165) is 6.42 Å². The average Bonchev–Trinajstić information content (AvgIpc) is 2.30. The van der Waals surface area contributed by atoms with E-state index in [1.165, 1.54) is 18.2 Å². The first-order valence-electron chi connectivity index (χ1n) is 5.23. The number of para-hydroxylation sites is 1. The lowest BCUT2D eigenvalue weighted by Crippen LogP contribution is -2.09. The Kier molecular flexibility index (Phi) is 5.50. The zero-order chi connectivity index (χ0) is 11.8. The number of carbonyl (C=O) groups excluding carboxylic acids is 1. The van der Waals surface area contributed by atoms with Gasteiger partial charge in [-0.25, -0.2) is 4.39 Å². The molecule has 0 heterocycles. The molecule has 1 rings (SSSR count). The van der Waals surface area contributed by atoms with Crippen LogP contribution in [0.15, 0.2) is 18.2 Å². The number of benzene rings is 1. The van der Waals surface area contributed by atoms with Gasteiger partial charge in [0.15, 0.2) is 17.9 Å². The van der Waals surface area contributed by atoms with Crippen LogP contribution >= 0.6 is 0 Å². The van der Waals surface area contributed by atoms with Crippen LogP contribution in [0, 0.1) is 5.82 Å². The normalized spacial score (nSPS) is 10.1. The standard InChI is InChI=1S/C12H15FO3/c1-2-6-15-7-8-16-12-10(9-14)4-3-5-11(12)13/h3-5,9H,2,6-8H2,1H3. The van der Waals surface area contributed by atoms with Gasteiger partial charge in [0, 0.05) is 6.61 Å². The number of aldehydes is 1. The van der Waals surface area contributed by atoms with E-state index in [4.69, 9.17) is 9.47 Å². The van der Waals surface area contributed by atoms with Gasteiger partial charge in [-0.3, -0.25) is 4.79 Å². The quantitative estimate of drug-likeness (QED) is 0.529. The predicted octanol–water partition coefficient (Wildman–Crippen LogP) is 2.44. The van der Waals surface area contributed by atoms with Crippen molar-refractivity contribution in [2.75, 3.05) is 19.8 Å². The van der Waals surface area contributed by atoms with Gasteiger partial charge in [0.2, 0.25) is 0 Å². The molecule has 1 aromatic carbocycles. The summed E-state index contributed by atoms with van der Waals surface area (Å²) in [6, 6.07) is 4.24. The summed E-state index contributed by atoms with van der Waals surface area (Å²) in [5.41, 5.74) is 0.218.